The first-order valence-electron chi connectivity index (χ1n) is 8.22. The van der Waals surface area contributed by atoms with Crippen LogP contribution in [0.5, 0.6) is 0 Å². The van der Waals surface area contributed by atoms with Gasteiger partial charge >= 0.3 is 0 Å². The highest BCUT2D eigenvalue weighted by atomic mass is 15.3. The number of hydrogen-bond acceptors (Lipinski definition) is 4. The lowest BCUT2D eigenvalue weighted by Crippen LogP contribution is -2.21. The number of aryl methyl sites for hydroxylation is 1. The van der Waals surface area contributed by atoms with E-state index in [0.717, 1.165) is 28.0 Å². The molecule has 0 unspecified atom stereocenters. The Kier molecular flexibility index (Phi) is 3.90. The van der Waals surface area contributed by atoms with Gasteiger partial charge in [0.05, 0.1) is 17.8 Å². The van der Waals surface area contributed by atoms with Gasteiger partial charge in [-0.15, -0.1) is 0 Å². The van der Waals surface area contributed by atoms with Crippen LogP contribution in [0, 0.1) is 0 Å². The topological polar surface area (TPSA) is 46.8 Å². The molecule has 2 heterocycles. The van der Waals surface area contributed by atoms with Crippen LogP contribution in [0.4, 0.5) is 5.95 Å². The molecule has 0 aliphatic rings. The van der Waals surface area contributed by atoms with Gasteiger partial charge in [0.25, 0.3) is 0 Å². The Bertz CT molecular complexity index is 1010. The maximum atomic E-state index is 4.86. The Labute approximate surface area is 146 Å². The number of rotatable bonds is 4. The minimum Gasteiger partial charge on any atom is -0.337 e. The molecular weight excluding hydrogens is 310 g/mol. The number of hydrogen-bond donors (Lipinski definition) is 0. The van der Waals surface area contributed by atoms with Gasteiger partial charge in [-0.3, -0.25) is 0 Å². The average Bonchev–Trinajstić information content (AvgIpc) is 3.06. The molecule has 0 fully saturated rings. The van der Waals surface area contributed by atoms with E-state index in [0.29, 0.717) is 12.5 Å². The predicted molar refractivity (Wildman–Crippen MR) is 100 cm³/mol. The van der Waals surface area contributed by atoms with Gasteiger partial charge in [-0.2, -0.15) is 0 Å². The van der Waals surface area contributed by atoms with Crippen LogP contribution in [0.2, 0.25) is 0 Å². The van der Waals surface area contributed by atoms with E-state index in [1.165, 1.54) is 0 Å². The van der Waals surface area contributed by atoms with Crippen molar-refractivity contribution in [2.45, 2.75) is 6.54 Å². The lowest BCUT2D eigenvalue weighted by atomic mass is 10.1. The number of fused-ring (bicyclic) bond motifs is 1. The van der Waals surface area contributed by atoms with Gasteiger partial charge < -0.3 is 9.47 Å². The molecule has 0 spiro atoms. The summed E-state index contributed by atoms with van der Waals surface area (Å²) in [6.45, 7) is 0.649. The van der Waals surface area contributed by atoms with Crippen molar-refractivity contribution in [3.8, 4) is 11.3 Å². The fourth-order valence-corrected chi connectivity index (χ4v) is 2.88. The molecule has 0 aliphatic heterocycles. The Morgan fingerprint density at radius 3 is 2.48 bits per heavy atom. The average molecular weight is 329 g/mol. The molecule has 0 bridgehead atoms. The molecule has 5 heteroatoms. The summed E-state index contributed by atoms with van der Waals surface area (Å²) >= 11 is 0. The van der Waals surface area contributed by atoms with Crippen molar-refractivity contribution >= 4 is 16.9 Å². The second-order valence-corrected chi connectivity index (χ2v) is 6.07. The highest BCUT2D eigenvalue weighted by molar-refractivity contribution is 5.93. The molecule has 25 heavy (non-hydrogen) atoms. The molecule has 4 aromatic rings. The van der Waals surface area contributed by atoms with Gasteiger partial charge in [-0.1, -0.05) is 48.5 Å². The molecule has 0 atom stereocenters. The largest absolute Gasteiger partial charge is 0.337 e. The number of anilines is 1. The molecule has 0 amide bonds. The van der Waals surface area contributed by atoms with Gasteiger partial charge in [0.1, 0.15) is 5.82 Å². The Morgan fingerprint density at radius 2 is 1.72 bits per heavy atom. The highest BCUT2D eigenvalue weighted by Gasteiger charge is 2.13. The number of nitrogens with zero attached hydrogens (tertiary/aromatic N) is 5. The van der Waals surface area contributed by atoms with E-state index in [1.54, 1.807) is 6.20 Å². The quantitative estimate of drug-likeness (QED) is 0.573. The monoisotopic (exact) mass is 329 g/mol. The smallest absolute Gasteiger partial charge is 0.226 e. The molecule has 124 valence electrons. The summed E-state index contributed by atoms with van der Waals surface area (Å²) in [6, 6.07) is 18.4. The molecule has 4 rings (SSSR count). The van der Waals surface area contributed by atoms with Crippen LogP contribution in [0.3, 0.4) is 0 Å². The van der Waals surface area contributed by atoms with Gasteiger partial charge in [0.2, 0.25) is 5.95 Å². The molecule has 5 nitrogen and oxygen atoms in total. The summed E-state index contributed by atoms with van der Waals surface area (Å²) in [5.74, 6) is 1.67. The minimum atomic E-state index is 0.649. The predicted octanol–water partition coefficient (Wildman–Crippen LogP) is 3.67. The van der Waals surface area contributed by atoms with Crippen molar-refractivity contribution in [2.24, 2.45) is 7.05 Å². The van der Waals surface area contributed by atoms with E-state index < -0.39 is 0 Å². The molecule has 0 saturated heterocycles. The maximum absolute atomic E-state index is 4.86. The van der Waals surface area contributed by atoms with Crippen LogP contribution in [0.1, 0.15) is 5.82 Å². The highest BCUT2D eigenvalue weighted by Crippen LogP contribution is 2.28. The van der Waals surface area contributed by atoms with Crippen molar-refractivity contribution in [3.63, 3.8) is 0 Å². The van der Waals surface area contributed by atoms with Crippen LogP contribution < -0.4 is 4.90 Å². The van der Waals surface area contributed by atoms with E-state index in [1.807, 2.05) is 66.2 Å². The molecule has 0 N–H and O–H groups in total. The third kappa shape index (κ3) is 2.96. The summed E-state index contributed by atoms with van der Waals surface area (Å²) in [4.78, 5) is 16.0. The Morgan fingerprint density at radius 1 is 0.960 bits per heavy atom. The first-order chi connectivity index (χ1) is 12.2. The van der Waals surface area contributed by atoms with Gasteiger partial charge in [0.15, 0.2) is 0 Å². The third-order valence-electron chi connectivity index (χ3n) is 4.28. The molecule has 0 radical (unpaired) electrons. The molecular formula is C20H19N5. The fraction of sp³-hybridized carbons (Fsp3) is 0.150. The van der Waals surface area contributed by atoms with Crippen LogP contribution >= 0.6 is 0 Å². The molecule has 0 aliphatic carbocycles. The van der Waals surface area contributed by atoms with E-state index >= 15 is 0 Å². The van der Waals surface area contributed by atoms with Crippen molar-refractivity contribution in [3.05, 3.63) is 72.8 Å². The van der Waals surface area contributed by atoms with Crippen LogP contribution in [-0.4, -0.2) is 26.6 Å². The number of benzene rings is 2. The second-order valence-electron chi connectivity index (χ2n) is 6.07. The van der Waals surface area contributed by atoms with Crippen molar-refractivity contribution < 1.29 is 0 Å². The van der Waals surface area contributed by atoms with Crippen molar-refractivity contribution in [1.82, 2.24) is 19.5 Å². The number of para-hydroxylation sites is 1. The standard InChI is InChI=1S/C20H19N5/c1-24-13-12-21-18(24)14-25(2)20-22-17-11-7-6-10-16(17)19(23-20)15-8-4-3-5-9-15/h3-13H,14H2,1-2H3. The molecule has 2 aromatic carbocycles. The van der Waals surface area contributed by atoms with E-state index in [9.17, 15) is 0 Å². The maximum Gasteiger partial charge on any atom is 0.226 e. The lowest BCUT2D eigenvalue weighted by molar-refractivity contribution is 0.749. The van der Waals surface area contributed by atoms with Crippen LogP contribution in [0.15, 0.2) is 67.0 Å². The zero-order valence-electron chi connectivity index (χ0n) is 14.3. The van der Waals surface area contributed by atoms with Crippen LogP contribution in [0.25, 0.3) is 22.2 Å². The SMILES string of the molecule is CN(Cc1nccn1C)c1nc(-c2ccccc2)c2ccccc2n1. The van der Waals surface area contributed by atoms with Crippen molar-refractivity contribution in [1.29, 1.82) is 0 Å². The normalized spacial score (nSPS) is 11.0. The van der Waals surface area contributed by atoms with Gasteiger partial charge in [0, 0.05) is 37.4 Å². The van der Waals surface area contributed by atoms with E-state index in [4.69, 9.17) is 9.97 Å². The molecule has 2 aromatic heterocycles. The zero-order chi connectivity index (χ0) is 17.2. The van der Waals surface area contributed by atoms with Crippen LogP contribution in [-0.2, 0) is 13.6 Å². The van der Waals surface area contributed by atoms with E-state index in [-0.39, 0.29) is 0 Å². The lowest BCUT2D eigenvalue weighted by Gasteiger charge is -2.18. The summed E-state index contributed by atoms with van der Waals surface area (Å²) < 4.78 is 2.01. The van der Waals surface area contributed by atoms with Crippen molar-refractivity contribution in [2.75, 3.05) is 11.9 Å². The summed E-state index contributed by atoms with van der Waals surface area (Å²) in [6.07, 6.45) is 3.75. The third-order valence-corrected chi connectivity index (χ3v) is 4.28. The summed E-state index contributed by atoms with van der Waals surface area (Å²) in [5.41, 5.74) is 2.98. The van der Waals surface area contributed by atoms with Gasteiger partial charge in [-0.05, 0) is 6.07 Å². The number of aromatic nitrogens is 4. The zero-order valence-corrected chi connectivity index (χ0v) is 14.3. The first-order valence-corrected chi connectivity index (χ1v) is 8.22. The minimum absolute atomic E-state index is 0.649. The van der Waals surface area contributed by atoms with Gasteiger partial charge in [-0.25, -0.2) is 15.0 Å². The Hall–Kier alpha value is -3.21. The van der Waals surface area contributed by atoms with E-state index in [2.05, 4.69) is 23.2 Å². The summed E-state index contributed by atoms with van der Waals surface area (Å²) in [7, 11) is 3.99. The second kappa shape index (κ2) is 6.36. The fourth-order valence-electron chi connectivity index (χ4n) is 2.88. The molecule has 0 saturated carbocycles. The summed E-state index contributed by atoms with van der Waals surface area (Å²) in [5, 5.41) is 1.06. The number of imidazole rings is 1. The Balaban J connectivity index is 1.81. The first kappa shape index (κ1) is 15.3.